The maximum absolute atomic E-state index is 11.5. The average Bonchev–Trinajstić information content (AvgIpc) is 2.36. The number of benzene rings is 1. The zero-order valence-corrected chi connectivity index (χ0v) is 11.1. The highest BCUT2D eigenvalue weighted by molar-refractivity contribution is 5.89. The molecule has 0 aliphatic rings. The van der Waals surface area contributed by atoms with Crippen molar-refractivity contribution in [1.29, 1.82) is 0 Å². The Hall–Kier alpha value is -1.55. The molecule has 0 saturated carbocycles. The van der Waals surface area contributed by atoms with Gasteiger partial charge < -0.3 is 15.7 Å². The van der Waals surface area contributed by atoms with Gasteiger partial charge in [-0.15, -0.1) is 0 Å². The van der Waals surface area contributed by atoms with Crippen molar-refractivity contribution in [2.45, 2.75) is 26.7 Å². The normalized spacial score (nSPS) is 11.1. The van der Waals surface area contributed by atoms with E-state index in [1.54, 1.807) is 0 Å². The summed E-state index contributed by atoms with van der Waals surface area (Å²) in [6, 6.07) is 9.14. The summed E-state index contributed by atoms with van der Waals surface area (Å²) in [5.74, 6) is 0. The molecule has 2 amide bonds. The second-order valence-corrected chi connectivity index (χ2v) is 5.17. The number of carbonyl (C=O) groups is 1. The van der Waals surface area contributed by atoms with Gasteiger partial charge >= 0.3 is 6.03 Å². The molecular formula is C14H22N2O2. The molecule has 0 bridgehead atoms. The molecular weight excluding hydrogens is 228 g/mol. The first-order chi connectivity index (χ1) is 8.53. The predicted octanol–water partition coefficient (Wildman–Crippen LogP) is 2.61. The zero-order valence-electron chi connectivity index (χ0n) is 11.1. The number of anilines is 1. The van der Waals surface area contributed by atoms with Crippen molar-refractivity contribution in [2.75, 3.05) is 18.5 Å². The molecule has 1 rings (SSSR count). The lowest BCUT2D eigenvalue weighted by molar-refractivity contribution is 0.148. The maximum Gasteiger partial charge on any atom is 0.319 e. The highest BCUT2D eigenvalue weighted by Gasteiger charge is 2.15. The Balaban J connectivity index is 2.18. The van der Waals surface area contributed by atoms with Crippen LogP contribution >= 0.6 is 0 Å². The maximum atomic E-state index is 11.5. The lowest BCUT2D eigenvalue weighted by Gasteiger charge is -2.21. The molecule has 3 N–H and O–H groups in total. The Bertz CT molecular complexity index is 363. The predicted molar refractivity (Wildman–Crippen MR) is 73.6 cm³/mol. The second-order valence-electron chi connectivity index (χ2n) is 5.17. The number of urea groups is 1. The van der Waals surface area contributed by atoms with Gasteiger partial charge in [0, 0.05) is 18.8 Å². The van der Waals surface area contributed by atoms with Crippen LogP contribution in [0.3, 0.4) is 0 Å². The van der Waals surface area contributed by atoms with Crippen LogP contribution in [0, 0.1) is 5.41 Å². The average molecular weight is 250 g/mol. The van der Waals surface area contributed by atoms with Gasteiger partial charge in [-0.3, -0.25) is 0 Å². The van der Waals surface area contributed by atoms with Gasteiger partial charge in [0.15, 0.2) is 0 Å². The van der Waals surface area contributed by atoms with E-state index in [-0.39, 0.29) is 18.1 Å². The van der Waals surface area contributed by atoms with Crippen LogP contribution in [-0.4, -0.2) is 24.3 Å². The largest absolute Gasteiger partial charge is 0.396 e. The molecule has 0 aliphatic carbocycles. The third-order valence-electron chi connectivity index (χ3n) is 2.78. The van der Waals surface area contributed by atoms with Gasteiger partial charge in [-0.25, -0.2) is 4.79 Å². The summed E-state index contributed by atoms with van der Waals surface area (Å²) in [7, 11) is 0. The summed E-state index contributed by atoms with van der Waals surface area (Å²) in [5, 5.41) is 14.6. The molecule has 1 aromatic rings. The summed E-state index contributed by atoms with van der Waals surface area (Å²) in [4.78, 5) is 11.5. The highest BCUT2D eigenvalue weighted by Crippen LogP contribution is 2.20. The Morgan fingerprint density at radius 2 is 1.94 bits per heavy atom. The molecule has 0 atom stereocenters. The quantitative estimate of drug-likeness (QED) is 0.680. The number of para-hydroxylation sites is 1. The van der Waals surface area contributed by atoms with Crippen molar-refractivity contribution < 1.29 is 9.90 Å². The number of rotatable bonds is 6. The number of hydrogen-bond donors (Lipinski definition) is 3. The molecule has 4 heteroatoms. The number of hydrogen-bond acceptors (Lipinski definition) is 2. The number of aliphatic hydroxyl groups is 1. The lowest BCUT2D eigenvalue weighted by Crippen LogP contribution is -2.30. The molecule has 4 nitrogen and oxygen atoms in total. The molecule has 0 fully saturated rings. The minimum absolute atomic E-state index is 0.0718. The van der Waals surface area contributed by atoms with Crippen LogP contribution in [0.1, 0.15) is 26.7 Å². The number of nitrogens with one attached hydrogen (secondary N) is 2. The Kier molecular flexibility index (Phi) is 5.65. The van der Waals surface area contributed by atoms with Crippen molar-refractivity contribution in [2.24, 2.45) is 5.41 Å². The van der Waals surface area contributed by atoms with Crippen LogP contribution in [0.2, 0.25) is 0 Å². The van der Waals surface area contributed by atoms with Crippen LogP contribution < -0.4 is 10.6 Å². The summed E-state index contributed by atoms with van der Waals surface area (Å²) in [5.41, 5.74) is 0.711. The van der Waals surface area contributed by atoms with E-state index in [2.05, 4.69) is 10.6 Å². The third-order valence-corrected chi connectivity index (χ3v) is 2.78. The van der Waals surface area contributed by atoms with Gasteiger partial charge in [-0.05, 0) is 30.4 Å². The Morgan fingerprint density at radius 1 is 1.28 bits per heavy atom. The van der Waals surface area contributed by atoms with Crippen molar-refractivity contribution in [3.63, 3.8) is 0 Å². The van der Waals surface area contributed by atoms with Crippen LogP contribution in [0.4, 0.5) is 10.5 Å². The van der Waals surface area contributed by atoms with Crippen molar-refractivity contribution in [3.8, 4) is 0 Å². The first kappa shape index (κ1) is 14.5. The van der Waals surface area contributed by atoms with Crippen molar-refractivity contribution in [1.82, 2.24) is 5.32 Å². The number of aliphatic hydroxyl groups excluding tert-OH is 1. The first-order valence-corrected chi connectivity index (χ1v) is 6.24. The smallest absolute Gasteiger partial charge is 0.319 e. The molecule has 0 heterocycles. The van der Waals surface area contributed by atoms with Crippen LogP contribution in [0.25, 0.3) is 0 Å². The molecule has 100 valence electrons. The van der Waals surface area contributed by atoms with Gasteiger partial charge in [0.05, 0.1) is 0 Å². The topological polar surface area (TPSA) is 61.4 Å². The van der Waals surface area contributed by atoms with Crippen molar-refractivity contribution >= 4 is 11.7 Å². The molecule has 0 unspecified atom stereocenters. The fourth-order valence-electron chi connectivity index (χ4n) is 1.54. The van der Waals surface area contributed by atoms with Crippen LogP contribution in [0.15, 0.2) is 30.3 Å². The standard InChI is InChI=1S/C14H22N2O2/c1-14(2,11-17)9-6-10-15-13(18)16-12-7-4-3-5-8-12/h3-5,7-8,17H,6,9-11H2,1-2H3,(H2,15,16,18). The molecule has 0 saturated heterocycles. The monoisotopic (exact) mass is 250 g/mol. The van der Waals surface area contributed by atoms with E-state index in [1.165, 1.54) is 0 Å². The van der Waals surface area contributed by atoms with E-state index in [4.69, 9.17) is 5.11 Å². The van der Waals surface area contributed by atoms with Gasteiger partial charge in [-0.1, -0.05) is 32.0 Å². The number of carbonyl (C=O) groups excluding carboxylic acids is 1. The van der Waals surface area contributed by atoms with Gasteiger partial charge in [0.1, 0.15) is 0 Å². The van der Waals surface area contributed by atoms with Gasteiger partial charge in [-0.2, -0.15) is 0 Å². The molecule has 1 aromatic carbocycles. The second kappa shape index (κ2) is 7.01. The van der Waals surface area contributed by atoms with E-state index >= 15 is 0 Å². The van der Waals surface area contributed by atoms with Crippen molar-refractivity contribution in [3.05, 3.63) is 30.3 Å². The highest BCUT2D eigenvalue weighted by atomic mass is 16.3. The van der Waals surface area contributed by atoms with E-state index < -0.39 is 0 Å². The summed E-state index contributed by atoms with van der Waals surface area (Å²) < 4.78 is 0. The van der Waals surface area contributed by atoms with E-state index in [9.17, 15) is 4.79 Å². The number of amides is 2. The first-order valence-electron chi connectivity index (χ1n) is 6.24. The zero-order chi connectivity index (χ0) is 13.4. The SMILES string of the molecule is CC(C)(CO)CCCNC(=O)Nc1ccccc1. The summed E-state index contributed by atoms with van der Waals surface area (Å²) in [6.07, 6.45) is 1.74. The third kappa shape index (κ3) is 5.68. The summed E-state index contributed by atoms with van der Waals surface area (Å²) >= 11 is 0. The molecule has 18 heavy (non-hydrogen) atoms. The van der Waals surface area contributed by atoms with E-state index in [1.807, 2.05) is 44.2 Å². The van der Waals surface area contributed by atoms with Crippen LogP contribution in [-0.2, 0) is 0 Å². The fourth-order valence-corrected chi connectivity index (χ4v) is 1.54. The van der Waals surface area contributed by atoms with E-state index in [0.29, 0.717) is 6.54 Å². The van der Waals surface area contributed by atoms with E-state index in [0.717, 1.165) is 18.5 Å². The lowest BCUT2D eigenvalue weighted by atomic mass is 9.89. The minimum atomic E-state index is -0.192. The fraction of sp³-hybridized carbons (Fsp3) is 0.500. The minimum Gasteiger partial charge on any atom is -0.396 e. The van der Waals surface area contributed by atoms with Gasteiger partial charge in [0.2, 0.25) is 0 Å². The Morgan fingerprint density at radius 3 is 2.56 bits per heavy atom. The van der Waals surface area contributed by atoms with Crippen LogP contribution in [0.5, 0.6) is 0 Å². The molecule has 0 spiro atoms. The molecule has 0 aliphatic heterocycles. The molecule has 0 radical (unpaired) electrons. The molecule has 0 aromatic heterocycles. The summed E-state index contributed by atoms with van der Waals surface area (Å²) in [6.45, 7) is 4.80. The van der Waals surface area contributed by atoms with Gasteiger partial charge in [0.25, 0.3) is 0 Å². The Labute approximate surface area is 108 Å².